The Bertz CT molecular complexity index is 1060. The molecule has 1 aliphatic heterocycles. The van der Waals surface area contributed by atoms with Crippen molar-refractivity contribution < 1.29 is 18.0 Å². The number of hydrogen-bond acceptors (Lipinski definition) is 5. The van der Waals surface area contributed by atoms with E-state index in [1.807, 2.05) is 19.1 Å². The summed E-state index contributed by atoms with van der Waals surface area (Å²) >= 11 is 1.46. The summed E-state index contributed by atoms with van der Waals surface area (Å²) < 4.78 is 23.5. The molecule has 0 spiro atoms. The molecule has 0 saturated carbocycles. The van der Waals surface area contributed by atoms with Crippen LogP contribution in [0.4, 0.5) is 5.00 Å². The van der Waals surface area contributed by atoms with Gasteiger partial charge in [0.05, 0.1) is 17.1 Å². The van der Waals surface area contributed by atoms with E-state index in [1.54, 1.807) is 12.1 Å². The minimum atomic E-state index is -3.08. The van der Waals surface area contributed by atoms with E-state index < -0.39 is 9.84 Å². The maximum Gasteiger partial charge on any atom is 0.256 e. The molecule has 1 aliphatic carbocycles. The van der Waals surface area contributed by atoms with E-state index in [1.165, 1.54) is 11.3 Å². The van der Waals surface area contributed by atoms with Crippen LogP contribution in [-0.2, 0) is 22.7 Å². The van der Waals surface area contributed by atoms with Crippen LogP contribution in [0, 0.1) is 6.92 Å². The van der Waals surface area contributed by atoms with Crippen molar-refractivity contribution in [3.05, 3.63) is 51.4 Å². The molecule has 0 radical (unpaired) electrons. The fraction of sp³-hybridized carbons (Fsp3) is 0.429. The van der Waals surface area contributed by atoms with Gasteiger partial charge in [-0.1, -0.05) is 17.7 Å². The molecule has 1 aromatic heterocycles. The summed E-state index contributed by atoms with van der Waals surface area (Å²) in [5, 5.41) is 6.37. The highest BCUT2D eigenvalue weighted by molar-refractivity contribution is 7.91. The van der Waals surface area contributed by atoms with Crippen molar-refractivity contribution in [3.8, 4) is 0 Å². The number of thiophene rings is 1. The van der Waals surface area contributed by atoms with Gasteiger partial charge in [0.2, 0.25) is 0 Å². The lowest BCUT2D eigenvalue weighted by Gasteiger charge is -2.15. The standard InChI is InChI=1S/C21H24N2O4S2/c1-13-6-8-14(9-7-13)19(24)23-21-18(16-4-2-3-5-17(16)28-21)20(25)22-15-10-11-29(26,27)12-15/h6-9,15H,2-5,10-12H2,1H3,(H,22,25)(H,23,24)/t15-/m1/s1. The van der Waals surface area contributed by atoms with E-state index >= 15 is 0 Å². The normalized spacial score (nSPS) is 20.1. The number of anilines is 1. The van der Waals surface area contributed by atoms with Crippen molar-refractivity contribution in [2.75, 3.05) is 16.8 Å². The van der Waals surface area contributed by atoms with E-state index in [0.717, 1.165) is 41.7 Å². The Kier molecular flexibility index (Phi) is 5.48. The summed E-state index contributed by atoms with van der Waals surface area (Å²) in [7, 11) is -3.08. The van der Waals surface area contributed by atoms with Crippen molar-refractivity contribution in [2.24, 2.45) is 0 Å². The highest BCUT2D eigenvalue weighted by Gasteiger charge is 2.32. The van der Waals surface area contributed by atoms with Gasteiger partial charge in [-0.15, -0.1) is 11.3 Å². The molecule has 0 unspecified atom stereocenters. The molecule has 6 nitrogen and oxygen atoms in total. The lowest BCUT2D eigenvalue weighted by atomic mass is 9.95. The Balaban J connectivity index is 1.60. The first-order valence-corrected chi connectivity index (χ1v) is 12.5. The lowest BCUT2D eigenvalue weighted by Crippen LogP contribution is -2.36. The van der Waals surface area contributed by atoms with Crippen molar-refractivity contribution in [1.82, 2.24) is 5.32 Å². The molecule has 2 amide bonds. The van der Waals surface area contributed by atoms with Gasteiger partial charge in [0.1, 0.15) is 5.00 Å². The van der Waals surface area contributed by atoms with Gasteiger partial charge < -0.3 is 10.6 Å². The Hall–Kier alpha value is -2.19. The fourth-order valence-corrected chi connectivity index (χ4v) is 6.90. The van der Waals surface area contributed by atoms with Crippen LogP contribution in [0.3, 0.4) is 0 Å². The second kappa shape index (κ2) is 7.91. The van der Waals surface area contributed by atoms with Gasteiger partial charge in [0.15, 0.2) is 9.84 Å². The molecule has 1 fully saturated rings. The largest absolute Gasteiger partial charge is 0.348 e. The molecule has 154 valence electrons. The van der Waals surface area contributed by atoms with Gasteiger partial charge >= 0.3 is 0 Å². The number of benzene rings is 1. The third-order valence-electron chi connectivity index (χ3n) is 5.51. The molecule has 1 saturated heterocycles. The number of carbonyl (C=O) groups is 2. The van der Waals surface area contributed by atoms with Gasteiger partial charge in [-0.2, -0.15) is 0 Å². The van der Waals surface area contributed by atoms with Crippen LogP contribution in [0.25, 0.3) is 0 Å². The third-order valence-corrected chi connectivity index (χ3v) is 8.48. The first kappa shape index (κ1) is 20.1. The van der Waals surface area contributed by atoms with E-state index in [9.17, 15) is 18.0 Å². The molecule has 2 N–H and O–H groups in total. The van der Waals surface area contributed by atoms with Gasteiger partial charge in [-0.25, -0.2) is 8.42 Å². The smallest absolute Gasteiger partial charge is 0.256 e. The molecule has 2 aliphatic rings. The van der Waals surface area contributed by atoms with Crippen molar-refractivity contribution >= 4 is 38.0 Å². The zero-order chi connectivity index (χ0) is 20.6. The Morgan fingerprint density at radius 1 is 1.07 bits per heavy atom. The third kappa shape index (κ3) is 4.38. The second-order valence-corrected chi connectivity index (χ2v) is 11.1. The first-order chi connectivity index (χ1) is 13.8. The zero-order valence-electron chi connectivity index (χ0n) is 16.3. The van der Waals surface area contributed by atoms with Crippen molar-refractivity contribution in [2.45, 2.75) is 45.1 Å². The number of aryl methyl sites for hydroxylation is 2. The molecule has 4 rings (SSSR count). The minimum Gasteiger partial charge on any atom is -0.348 e. The summed E-state index contributed by atoms with van der Waals surface area (Å²) in [6.07, 6.45) is 4.22. The number of carbonyl (C=O) groups excluding carboxylic acids is 2. The van der Waals surface area contributed by atoms with E-state index in [0.29, 0.717) is 22.5 Å². The van der Waals surface area contributed by atoms with Gasteiger partial charge in [0.25, 0.3) is 11.8 Å². The predicted octanol–water partition coefficient (Wildman–Crippen LogP) is 3.10. The summed E-state index contributed by atoms with van der Waals surface area (Å²) in [5.74, 6) is -0.445. The van der Waals surface area contributed by atoms with Crippen LogP contribution in [0.2, 0.25) is 0 Å². The highest BCUT2D eigenvalue weighted by atomic mass is 32.2. The van der Waals surface area contributed by atoms with Crippen LogP contribution in [-0.4, -0.2) is 37.8 Å². The Morgan fingerprint density at radius 3 is 2.48 bits per heavy atom. The Morgan fingerprint density at radius 2 is 1.79 bits per heavy atom. The molecule has 0 bridgehead atoms. The minimum absolute atomic E-state index is 0.0177. The fourth-order valence-electron chi connectivity index (χ4n) is 3.94. The summed E-state index contributed by atoms with van der Waals surface area (Å²) in [6.45, 7) is 1.96. The summed E-state index contributed by atoms with van der Waals surface area (Å²) in [6, 6.07) is 6.92. The number of fused-ring (bicyclic) bond motifs is 1. The quantitative estimate of drug-likeness (QED) is 0.777. The molecular formula is C21H24N2O4S2. The number of amides is 2. The number of sulfone groups is 1. The number of nitrogens with one attached hydrogen (secondary N) is 2. The molecular weight excluding hydrogens is 408 g/mol. The van der Waals surface area contributed by atoms with Crippen molar-refractivity contribution in [3.63, 3.8) is 0 Å². The number of hydrogen-bond donors (Lipinski definition) is 2. The Labute approximate surface area is 174 Å². The summed E-state index contributed by atoms with van der Waals surface area (Å²) in [5.41, 5.74) is 3.11. The maximum absolute atomic E-state index is 13.1. The summed E-state index contributed by atoms with van der Waals surface area (Å²) in [4.78, 5) is 26.9. The molecule has 2 aromatic rings. The zero-order valence-corrected chi connectivity index (χ0v) is 17.9. The molecule has 29 heavy (non-hydrogen) atoms. The first-order valence-electron chi connectivity index (χ1n) is 9.86. The van der Waals surface area contributed by atoms with Crippen molar-refractivity contribution in [1.29, 1.82) is 0 Å². The van der Waals surface area contributed by atoms with Gasteiger partial charge in [-0.05, 0) is 56.7 Å². The van der Waals surface area contributed by atoms with E-state index in [4.69, 9.17) is 0 Å². The van der Waals surface area contributed by atoms with Crippen LogP contribution in [0.5, 0.6) is 0 Å². The molecule has 8 heteroatoms. The molecule has 2 heterocycles. The SMILES string of the molecule is Cc1ccc(C(=O)Nc2sc3c(c2C(=O)N[C@@H]2CCS(=O)(=O)C2)CCCC3)cc1. The molecule has 1 aromatic carbocycles. The monoisotopic (exact) mass is 432 g/mol. The van der Waals surface area contributed by atoms with Crippen LogP contribution in [0.15, 0.2) is 24.3 Å². The van der Waals surface area contributed by atoms with Gasteiger partial charge in [0, 0.05) is 16.5 Å². The molecule has 1 atom stereocenters. The lowest BCUT2D eigenvalue weighted by molar-refractivity contribution is 0.0941. The van der Waals surface area contributed by atoms with Gasteiger partial charge in [-0.3, -0.25) is 9.59 Å². The van der Waals surface area contributed by atoms with E-state index in [-0.39, 0.29) is 29.4 Å². The van der Waals surface area contributed by atoms with E-state index in [2.05, 4.69) is 10.6 Å². The predicted molar refractivity (Wildman–Crippen MR) is 115 cm³/mol. The maximum atomic E-state index is 13.1. The topological polar surface area (TPSA) is 92.3 Å². The highest BCUT2D eigenvalue weighted by Crippen LogP contribution is 2.38. The van der Waals surface area contributed by atoms with Crippen LogP contribution < -0.4 is 10.6 Å². The average molecular weight is 433 g/mol. The average Bonchev–Trinajstić information content (AvgIpc) is 3.21. The van der Waals surface area contributed by atoms with Crippen LogP contribution >= 0.6 is 11.3 Å². The second-order valence-electron chi connectivity index (χ2n) is 7.81. The number of rotatable bonds is 4. The van der Waals surface area contributed by atoms with Crippen LogP contribution in [0.1, 0.15) is 56.0 Å².